The highest BCUT2D eigenvalue weighted by molar-refractivity contribution is 5.88. The summed E-state index contributed by atoms with van der Waals surface area (Å²) >= 11 is 0. The van der Waals surface area contributed by atoms with Crippen molar-refractivity contribution in [3.63, 3.8) is 0 Å². The molecule has 0 aliphatic heterocycles. The molecule has 0 bridgehead atoms. The van der Waals surface area contributed by atoms with Gasteiger partial charge in [-0.25, -0.2) is 14.8 Å². The Hall–Kier alpha value is -1.49. The molecule has 1 N–H and O–H groups in total. The number of methoxy groups -OCH3 is 1. The van der Waals surface area contributed by atoms with E-state index in [1.165, 1.54) is 6.20 Å². The third-order valence-electron chi connectivity index (χ3n) is 3.17. The maximum Gasteiger partial charge on any atom is 0.339 e. The molecule has 5 heteroatoms. The molecule has 0 atom stereocenters. The second-order valence-electron chi connectivity index (χ2n) is 4.05. The molecule has 0 unspecified atom stereocenters. The molecule has 1 heterocycles. The van der Waals surface area contributed by atoms with Crippen molar-refractivity contribution in [1.29, 1.82) is 0 Å². The first-order chi connectivity index (χ1) is 7.59. The number of aromatic carboxylic acids is 1. The molecule has 1 saturated carbocycles. The van der Waals surface area contributed by atoms with Crippen LogP contribution >= 0.6 is 0 Å². The van der Waals surface area contributed by atoms with E-state index >= 15 is 0 Å². The van der Waals surface area contributed by atoms with Crippen LogP contribution < -0.4 is 0 Å². The second-order valence-corrected chi connectivity index (χ2v) is 4.05. The quantitative estimate of drug-likeness (QED) is 0.839. The van der Waals surface area contributed by atoms with Gasteiger partial charge in [-0.15, -0.1) is 0 Å². The molecule has 0 aromatic carbocycles. The van der Waals surface area contributed by atoms with Crippen molar-refractivity contribution >= 4 is 5.97 Å². The number of carbonyl (C=O) groups is 1. The Morgan fingerprint density at radius 3 is 2.62 bits per heavy atom. The van der Waals surface area contributed by atoms with Crippen molar-refractivity contribution in [3.05, 3.63) is 23.3 Å². The minimum atomic E-state index is -0.996. The van der Waals surface area contributed by atoms with E-state index in [9.17, 15) is 4.79 Å². The average Bonchev–Trinajstić information content (AvgIpc) is 2.16. The molecule has 1 aliphatic carbocycles. The molecule has 1 aromatic rings. The van der Waals surface area contributed by atoms with Crippen molar-refractivity contribution in [2.24, 2.45) is 0 Å². The topological polar surface area (TPSA) is 72.3 Å². The molecule has 2 rings (SSSR count). The number of rotatable bonds is 3. The second kappa shape index (κ2) is 3.83. The first kappa shape index (κ1) is 11.0. The maximum absolute atomic E-state index is 10.8. The normalized spacial score (nSPS) is 17.9. The number of carboxylic acid groups (broad SMARTS) is 1. The molecule has 0 amide bonds. The van der Waals surface area contributed by atoms with Crippen LogP contribution in [-0.2, 0) is 10.3 Å². The van der Waals surface area contributed by atoms with Gasteiger partial charge in [0.05, 0.1) is 11.3 Å². The van der Waals surface area contributed by atoms with Crippen LogP contribution in [0.5, 0.6) is 0 Å². The first-order valence-corrected chi connectivity index (χ1v) is 5.21. The van der Waals surface area contributed by atoms with E-state index in [-0.39, 0.29) is 11.2 Å². The highest BCUT2D eigenvalue weighted by atomic mass is 16.5. The molecular formula is C11H14N2O3. The fourth-order valence-corrected chi connectivity index (χ4v) is 1.91. The molecule has 1 aromatic heterocycles. The van der Waals surface area contributed by atoms with Crippen molar-refractivity contribution in [1.82, 2.24) is 9.97 Å². The summed E-state index contributed by atoms with van der Waals surface area (Å²) in [4.78, 5) is 19.2. The zero-order chi connectivity index (χ0) is 11.8. The van der Waals surface area contributed by atoms with E-state index in [1.54, 1.807) is 14.0 Å². The molecule has 0 radical (unpaired) electrons. The van der Waals surface area contributed by atoms with Gasteiger partial charge >= 0.3 is 5.97 Å². The van der Waals surface area contributed by atoms with Gasteiger partial charge in [-0.1, -0.05) is 0 Å². The van der Waals surface area contributed by atoms with E-state index in [4.69, 9.17) is 9.84 Å². The predicted octanol–water partition coefficient (Wildman–Crippen LogP) is 1.51. The molecule has 5 nitrogen and oxygen atoms in total. The van der Waals surface area contributed by atoms with Crippen LogP contribution in [-0.4, -0.2) is 28.2 Å². The molecule has 86 valence electrons. The largest absolute Gasteiger partial charge is 0.478 e. The number of aryl methyl sites for hydroxylation is 1. The molecular weight excluding hydrogens is 208 g/mol. The van der Waals surface area contributed by atoms with Crippen LogP contribution in [0.15, 0.2) is 6.20 Å². The molecule has 0 saturated heterocycles. The van der Waals surface area contributed by atoms with Gasteiger partial charge in [-0.2, -0.15) is 0 Å². The highest BCUT2D eigenvalue weighted by Gasteiger charge is 2.41. The summed E-state index contributed by atoms with van der Waals surface area (Å²) < 4.78 is 5.44. The third kappa shape index (κ3) is 1.57. The molecule has 1 fully saturated rings. The summed E-state index contributed by atoms with van der Waals surface area (Å²) in [5.41, 5.74) is 0.247. The van der Waals surface area contributed by atoms with Crippen LogP contribution in [0.3, 0.4) is 0 Å². The Bertz CT molecular complexity index is 422. The fourth-order valence-electron chi connectivity index (χ4n) is 1.91. The van der Waals surface area contributed by atoms with Gasteiger partial charge in [0, 0.05) is 13.3 Å². The standard InChI is InChI=1S/C11H14N2O3/c1-7-8(9(14)15)6-12-10(13-7)11(16-2)4-3-5-11/h6H,3-5H2,1-2H3,(H,14,15). The van der Waals surface area contributed by atoms with E-state index < -0.39 is 5.97 Å². The summed E-state index contributed by atoms with van der Waals surface area (Å²) in [5, 5.41) is 8.88. The van der Waals surface area contributed by atoms with Crippen molar-refractivity contribution in [3.8, 4) is 0 Å². The third-order valence-corrected chi connectivity index (χ3v) is 3.17. The average molecular weight is 222 g/mol. The summed E-state index contributed by atoms with van der Waals surface area (Å²) in [6.07, 6.45) is 4.25. The minimum Gasteiger partial charge on any atom is -0.478 e. The zero-order valence-electron chi connectivity index (χ0n) is 9.36. The van der Waals surface area contributed by atoms with Crippen LogP contribution in [0.1, 0.15) is 41.1 Å². The number of carboxylic acids is 1. The van der Waals surface area contributed by atoms with Gasteiger partial charge in [0.25, 0.3) is 0 Å². The van der Waals surface area contributed by atoms with E-state index in [1.807, 2.05) is 0 Å². The van der Waals surface area contributed by atoms with E-state index in [0.29, 0.717) is 11.5 Å². The van der Waals surface area contributed by atoms with Crippen molar-refractivity contribution in [2.45, 2.75) is 31.8 Å². The van der Waals surface area contributed by atoms with Gasteiger partial charge < -0.3 is 9.84 Å². The Labute approximate surface area is 93.5 Å². The highest BCUT2D eigenvalue weighted by Crippen LogP contribution is 2.42. The molecule has 1 aliphatic rings. The van der Waals surface area contributed by atoms with Gasteiger partial charge in [-0.05, 0) is 26.2 Å². The SMILES string of the molecule is COC1(c2ncc(C(=O)O)c(C)n2)CCC1. The minimum absolute atomic E-state index is 0.148. The fraction of sp³-hybridized carbons (Fsp3) is 0.545. The monoisotopic (exact) mass is 222 g/mol. The predicted molar refractivity (Wildman–Crippen MR) is 56.3 cm³/mol. The van der Waals surface area contributed by atoms with Crippen molar-refractivity contribution < 1.29 is 14.6 Å². The van der Waals surface area contributed by atoms with Gasteiger partial charge in [0.1, 0.15) is 5.60 Å². The lowest BCUT2D eigenvalue weighted by atomic mass is 9.79. The summed E-state index contributed by atoms with van der Waals surface area (Å²) in [5.74, 6) is -0.395. The van der Waals surface area contributed by atoms with Gasteiger partial charge in [0.2, 0.25) is 0 Å². The van der Waals surface area contributed by atoms with Crippen LogP contribution in [0, 0.1) is 6.92 Å². The summed E-state index contributed by atoms with van der Waals surface area (Å²) in [6, 6.07) is 0. The van der Waals surface area contributed by atoms with Gasteiger partial charge in [0.15, 0.2) is 5.82 Å². The number of hydrogen-bond acceptors (Lipinski definition) is 4. The Balaban J connectivity index is 2.37. The molecule has 0 spiro atoms. The lowest BCUT2D eigenvalue weighted by molar-refractivity contribution is -0.0848. The van der Waals surface area contributed by atoms with Crippen LogP contribution in [0.25, 0.3) is 0 Å². The Morgan fingerprint density at radius 2 is 2.25 bits per heavy atom. The van der Waals surface area contributed by atoms with E-state index in [0.717, 1.165) is 19.3 Å². The van der Waals surface area contributed by atoms with Crippen LogP contribution in [0.4, 0.5) is 0 Å². The Morgan fingerprint density at radius 1 is 1.56 bits per heavy atom. The summed E-state index contributed by atoms with van der Waals surface area (Å²) in [6.45, 7) is 1.68. The number of nitrogens with zero attached hydrogens (tertiary/aromatic N) is 2. The number of hydrogen-bond donors (Lipinski definition) is 1. The summed E-state index contributed by atoms with van der Waals surface area (Å²) in [7, 11) is 1.64. The van der Waals surface area contributed by atoms with E-state index in [2.05, 4.69) is 9.97 Å². The lowest BCUT2D eigenvalue weighted by Gasteiger charge is -2.38. The smallest absolute Gasteiger partial charge is 0.339 e. The lowest BCUT2D eigenvalue weighted by Crippen LogP contribution is -2.38. The Kier molecular flexibility index (Phi) is 2.63. The number of ether oxygens (including phenoxy) is 1. The van der Waals surface area contributed by atoms with Gasteiger partial charge in [-0.3, -0.25) is 0 Å². The van der Waals surface area contributed by atoms with Crippen molar-refractivity contribution in [2.75, 3.05) is 7.11 Å². The molecule has 16 heavy (non-hydrogen) atoms. The zero-order valence-corrected chi connectivity index (χ0v) is 9.36. The first-order valence-electron chi connectivity index (χ1n) is 5.21. The maximum atomic E-state index is 10.8. The van der Waals surface area contributed by atoms with Crippen LogP contribution in [0.2, 0.25) is 0 Å². The number of aromatic nitrogens is 2.